The highest BCUT2D eigenvalue weighted by Crippen LogP contribution is 2.31. The Kier molecular flexibility index (Phi) is 9.10. The first-order valence-corrected chi connectivity index (χ1v) is 12.7. The fourth-order valence-corrected chi connectivity index (χ4v) is 3.42. The van der Waals surface area contributed by atoms with Crippen LogP contribution in [0.4, 0.5) is 23.2 Å². The second-order valence-corrected chi connectivity index (χ2v) is 10.5. The lowest BCUT2D eigenvalue weighted by molar-refractivity contribution is -0.141. The van der Waals surface area contributed by atoms with Crippen molar-refractivity contribution in [3.8, 4) is 5.88 Å². The molecular weight excluding hydrogens is 490 g/mol. The van der Waals surface area contributed by atoms with Crippen LogP contribution in [0.2, 0.25) is 0 Å². The van der Waals surface area contributed by atoms with Crippen molar-refractivity contribution >= 4 is 21.6 Å². The van der Waals surface area contributed by atoms with Crippen molar-refractivity contribution in [2.24, 2.45) is 11.8 Å². The van der Waals surface area contributed by atoms with Crippen LogP contribution in [-0.2, 0) is 27.5 Å². The van der Waals surface area contributed by atoms with Gasteiger partial charge in [0.25, 0.3) is 0 Å². The zero-order chi connectivity index (χ0) is 26.6. The molecule has 0 saturated carbocycles. The van der Waals surface area contributed by atoms with Crippen LogP contribution in [0, 0.1) is 17.7 Å². The lowest BCUT2D eigenvalue weighted by Crippen LogP contribution is -2.28. The Morgan fingerprint density at radius 3 is 2.31 bits per heavy atom. The van der Waals surface area contributed by atoms with E-state index in [4.69, 9.17) is 4.74 Å². The molecule has 2 aromatic rings. The number of hydrogen-bond acceptors (Lipinski definition) is 5. The number of sulfonamides is 1. The largest absolute Gasteiger partial charge is 0.477 e. The predicted octanol–water partition coefficient (Wildman–Crippen LogP) is 4.70. The first-order chi connectivity index (χ1) is 16.1. The number of anilines is 1. The van der Waals surface area contributed by atoms with Crippen LogP contribution < -0.4 is 14.8 Å². The van der Waals surface area contributed by atoms with Gasteiger partial charge in [0.1, 0.15) is 11.5 Å². The van der Waals surface area contributed by atoms with Gasteiger partial charge in [-0.1, -0.05) is 26.8 Å². The lowest BCUT2D eigenvalue weighted by Gasteiger charge is -2.19. The standard InChI is InChI=1S/C23H29F4N3O4S/c1-13(2)14(3)12-34-22-17(7-9-20(29-22)23(25,26)27)11-28-21(31)15(4)16-6-8-19(18(24)10-16)30-35(5,32)33/h6-10,13-15,30H,11-12H2,1-5H3,(H,28,31). The minimum Gasteiger partial charge on any atom is -0.477 e. The number of benzene rings is 1. The molecule has 194 valence electrons. The van der Waals surface area contributed by atoms with Gasteiger partial charge in [-0.2, -0.15) is 13.2 Å². The molecule has 0 radical (unpaired) electrons. The quantitative estimate of drug-likeness (QED) is 0.444. The van der Waals surface area contributed by atoms with Crippen molar-refractivity contribution in [2.45, 2.75) is 46.3 Å². The second kappa shape index (κ2) is 11.2. The molecule has 2 atom stereocenters. The van der Waals surface area contributed by atoms with Crippen molar-refractivity contribution < 1.29 is 35.5 Å². The number of pyridine rings is 1. The van der Waals surface area contributed by atoms with Crippen molar-refractivity contribution in [3.05, 3.63) is 53.0 Å². The van der Waals surface area contributed by atoms with E-state index >= 15 is 0 Å². The maximum absolute atomic E-state index is 14.3. The molecule has 35 heavy (non-hydrogen) atoms. The van der Waals surface area contributed by atoms with Gasteiger partial charge in [0.15, 0.2) is 0 Å². The third-order valence-electron chi connectivity index (χ3n) is 5.49. The van der Waals surface area contributed by atoms with E-state index in [1.54, 1.807) is 0 Å². The molecule has 7 nitrogen and oxygen atoms in total. The maximum Gasteiger partial charge on any atom is 0.433 e. The molecule has 12 heteroatoms. The smallest absolute Gasteiger partial charge is 0.433 e. The molecule has 1 aromatic heterocycles. The van der Waals surface area contributed by atoms with E-state index in [-0.39, 0.29) is 47.7 Å². The number of nitrogens with zero attached hydrogens (tertiary/aromatic N) is 1. The highest BCUT2D eigenvalue weighted by Gasteiger charge is 2.33. The number of nitrogens with one attached hydrogen (secondary N) is 2. The number of aromatic nitrogens is 1. The molecule has 0 aliphatic carbocycles. The van der Waals surface area contributed by atoms with E-state index in [1.807, 2.05) is 25.5 Å². The van der Waals surface area contributed by atoms with E-state index < -0.39 is 39.5 Å². The number of hydrogen-bond donors (Lipinski definition) is 2. The van der Waals surface area contributed by atoms with Gasteiger partial charge >= 0.3 is 6.18 Å². The van der Waals surface area contributed by atoms with Crippen LogP contribution in [0.15, 0.2) is 30.3 Å². The topological polar surface area (TPSA) is 97.4 Å². The third-order valence-corrected chi connectivity index (χ3v) is 6.08. The minimum absolute atomic E-state index is 0.0591. The number of amides is 1. The summed E-state index contributed by atoms with van der Waals surface area (Å²) < 4.78 is 83.9. The van der Waals surface area contributed by atoms with Gasteiger partial charge in [-0.15, -0.1) is 0 Å². The van der Waals surface area contributed by atoms with Gasteiger partial charge in [0, 0.05) is 12.1 Å². The Labute approximate surface area is 202 Å². The highest BCUT2D eigenvalue weighted by molar-refractivity contribution is 7.92. The molecule has 2 N–H and O–H groups in total. The number of halogens is 4. The van der Waals surface area contributed by atoms with Crippen molar-refractivity contribution in [2.75, 3.05) is 17.6 Å². The molecular formula is C23H29F4N3O4S. The van der Waals surface area contributed by atoms with E-state index in [0.717, 1.165) is 18.4 Å². The van der Waals surface area contributed by atoms with Crippen molar-refractivity contribution in [3.63, 3.8) is 0 Å². The molecule has 1 heterocycles. The van der Waals surface area contributed by atoms with Gasteiger partial charge in [0.2, 0.25) is 21.8 Å². The first-order valence-electron chi connectivity index (χ1n) is 10.8. The van der Waals surface area contributed by atoms with Crippen LogP contribution >= 0.6 is 0 Å². The molecule has 0 aliphatic heterocycles. The molecule has 0 fully saturated rings. The number of rotatable bonds is 10. The number of carbonyl (C=O) groups is 1. The summed E-state index contributed by atoms with van der Waals surface area (Å²) in [6.45, 7) is 7.33. The van der Waals surface area contributed by atoms with Crippen LogP contribution in [0.5, 0.6) is 5.88 Å². The molecule has 2 unspecified atom stereocenters. The molecule has 0 aliphatic rings. The Hall–Kier alpha value is -2.89. The van der Waals surface area contributed by atoms with E-state index in [9.17, 15) is 30.8 Å². The molecule has 0 spiro atoms. The van der Waals surface area contributed by atoms with E-state index in [1.165, 1.54) is 25.1 Å². The van der Waals surface area contributed by atoms with Crippen LogP contribution in [0.1, 0.15) is 50.4 Å². The molecule has 0 saturated heterocycles. The molecule has 1 amide bonds. The van der Waals surface area contributed by atoms with Gasteiger partial charge in [-0.05, 0) is 48.6 Å². The summed E-state index contributed by atoms with van der Waals surface area (Å²) in [7, 11) is -3.68. The highest BCUT2D eigenvalue weighted by atomic mass is 32.2. The summed E-state index contributed by atoms with van der Waals surface area (Å²) in [5, 5.41) is 2.60. The van der Waals surface area contributed by atoms with E-state index in [2.05, 4.69) is 10.3 Å². The van der Waals surface area contributed by atoms with Crippen LogP contribution in [0.3, 0.4) is 0 Å². The van der Waals surface area contributed by atoms with Crippen LogP contribution in [0.25, 0.3) is 0 Å². The van der Waals surface area contributed by atoms with E-state index in [0.29, 0.717) is 0 Å². The monoisotopic (exact) mass is 519 g/mol. The number of carbonyl (C=O) groups excluding carboxylic acids is 1. The SMILES string of the molecule is CC(C(=O)NCc1ccc(C(F)(F)F)nc1OCC(C)C(C)C)c1ccc(NS(C)(=O)=O)c(F)c1. The number of alkyl halides is 3. The fourth-order valence-electron chi connectivity index (χ4n) is 2.86. The number of ether oxygens (including phenoxy) is 1. The first kappa shape index (κ1) is 28.3. The lowest BCUT2D eigenvalue weighted by atomic mass is 9.99. The summed E-state index contributed by atoms with van der Waals surface area (Å²) in [4.78, 5) is 16.3. The Balaban J connectivity index is 2.16. The average Bonchev–Trinajstić information content (AvgIpc) is 2.75. The Morgan fingerprint density at radius 2 is 1.77 bits per heavy atom. The summed E-state index contributed by atoms with van der Waals surface area (Å²) >= 11 is 0. The average molecular weight is 520 g/mol. The second-order valence-electron chi connectivity index (χ2n) is 8.74. The van der Waals surface area contributed by atoms with Gasteiger partial charge in [-0.25, -0.2) is 17.8 Å². The third kappa shape index (κ3) is 8.37. The summed E-state index contributed by atoms with van der Waals surface area (Å²) in [5.74, 6) is -2.12. The van der Waals surface area contributed by atoms with Crippen LogP contribution in [-0.4, -0.2) is 32.2 Å². The fraction of sp³-hybridized carbons (Fsp3) is 0.478. The van der Waals surface area contributed by atoms with Gasteiger partial charge in [-0.3, -0.25) is 9.52 Å². The normalized spacial score (nSPS) is 13.9. The maximum atomic E-state index is 14.3. The zero-order valence-electron chi connectivity index (χ0n) is 20.0. The summed E-state index contributed by atoms with van der Waals surface area (Å²) in [6.07, 6.45) is -3.77. The summed E-state index contributed by atoms with van der Waals surface area (Å²) in [6, 6.07) is 5.66. The molecule has 0 bridgehead atoms. The zero-order valence-corrected chi connectivity index (χ0v) is 20.8. The molecule has 1 aromatic carbocycles. The van der Waals surface area contributed by atoms with Crippen molar-refractivity contribution in [1.82, 2.24) is 10.3 Å². The predicted molar refractivity (Wildman–Crippen MR) is 124 cm³/mol. The Morgan fingerprint density at radius 1 is 1.11 bits per heavy atom. The Bertz CT molecular complexity index is 1150. The molecule has 2 rings (SSSR count). The summed E-state index contributed by atoms with van der Waals surface area (Å²) in [5.41, 5.74) is -0.816. The van der Waals surface area contributed by atoms with Crippen molar-refractivity contribution in [1.29, 1.82) is 0 Å². The minimum atomic E-state index is -4.65. The van der Waals surface area contributed by atoms with Gasteiger partial charge in [0.05, 0.1) is 24.5 Å². The van der Waals surface area contributed by atoms with Gasteiger partial charge < -0.3 is 10.1 Å².